The Morgan fingerprint density at radius 3 is 2.52 bits per heavy atom. The summed E-state index contributed by atoms with van der Waals surface area (Å²) in [6.07, 6.45) is 0. The summed E-state index contributed by atoms with van der Waals surface area (Å²) in [6.45, 7) is 0. The summed E-state index contributed by atoms with van der Waals surface area (Å²) in [5.74, 6) is 0.436. The van der Waals surface area contributed by atoms with Gasteiger partial charge in [-0.2, -0.15) is 0 Å². The number of rotatable bonds is 4. The number of nitrogens with zero attached hydrogens (tertiary/aromatic N) is 2. The van der Waals surface area contributed by atoms with Gasteiger partial charge in [-0.25, -0.2) is 18.4 Å². The third kappa shape index (κ3) is 3.46. The predicted molar refractivity (Wildman–Crippen MR) is 115 cm³/mol. The summed E-state index contributed by atoms with van der Waals surface area (Å²) in [7, 11) is -3.78. The molecule has 0 aliphatic carbocycles. The van der Waals surface area contributed by atoms with Crippen molar-refractivity contribution >= 4 is 59.4 Å². The van der Waals surface area contributed by atoms with E-state index in [4.69, 9.17) is 16.0 Å². The quantitative estimate of drug-likeness (QED) is 0.394. The molecule has 0 atom stereocenters. The molecule has 0 saturated heterocycles. The smallest absolute Gasteiger partial charge is 0.263 e. The summed E-state index contributed by atoms with van der Waals surface area (Å²) >= 11 is 7.21. The van der Waals surface area contributed by atoms with E-state index in [0.29, 0.717) is 27.6 Å². The highest BCUT2D eigenvalue weighted by molar-refractivity contribution is 7.93. The van der Waals surface area contributed by atoms with Crippen molar-refractivity contribution < 1.29 is 12.8 Å². The Hall–Kier alpha value is -2.94. The minimum absolute atomic E-state index is 0.120. The second kappa shape index (κ2) is 6.84. The zero-order chi connectivity index (χ0) is 20.0. The second-order valence-electron chi connectivity index (χ2n) is 6.25. The van der Waals surface area contributed by atoms with Crippen LogP contribution in [0.1, 0.15) is 0 Å². The van der Waals surface area contributed by atoms with Gasteiger partial charge in [-0.1, -0.05) is 35.1 Å². The average Bonchev–Trinajstić information content (AvgIpc) is 3.30. The van der Waals surface area contributed by atoms with Crippen LogP contribution in [-0.2, 0) is 10.0 Å². The first-order valence-electron chi connectivity index (χ1n) is 8.53. The lowest BCUT2D eigenvalue weighted by molar-refractivity contribution is 0.601. The molecule has 2 aromatic heterocycles. The summed E-state index contributed by atoms with van der Waals surface area (Å²) in [5, 5.41) is 0.831. The van der Waals surface area contributed by atoms with Crippen molar-refractivity contribution in [2.45, 2.75) is 4.90 Å². The number of oxazole rings is 1. The third-order valence-electron chi connectivity index (χ3n) is 4.28. The molecule has 5 aromatic rings. The van der Waals surface area contributed by atoms with Crippen LogP contribution in [0.3, 0.4) is 0 Å². The molecule has 3 aromatic carbocycles. The van der Waals surface area contributed by atoms with Crippen LogP contribution in [-0.4, -0.2) is 18.4 Å². The first-order chi connectivity index (χ1) is 14.0. The molecule has 0 aliphatic rings. The number of halogens is 1. The highest BCUT2D eigenvalue weighted by atomic mass is 35.5. The van der Waals surface area contributed by atoms with Crippen LogP contribution in [0.5, 0.6) is 0 Å². The maximum atomic E-state index is 12.7. The summed E-state index contributed by atoms with van der Waals surface area (Å²) in [5.41, 5.74) is 2.76. The number of aromatic nitrogens is 2. The molecule has 2 heterocycles. The van der Waals surface area contributed by atoms with Crippen molar-refractivity contribution in [1.82, 2.24) is 9.97 Å². The molecular formula is C20H12ClN3O3S2. The SMILES string of the molecule is O=S(=O)(Nc1nc2cc(Cl)ccc2s1)c1ccc(-c2nc3ccccc3o2)cc1. The van der Waals surface area contributed by atoms with Crippen LogP contribution in [0.25, 0.3) is 32.8 Å². The second-order valence-corrected chi connectivity index (χ2v) is 9.40. The minimum Gasteiger partial charge on any atom is -0.436 e. The molecule has 0 spiro atoms. The van der Waals surface area contributed by atoms with Gasteiger partial charge < -0.3 is 4.42 Å². The van der Waals surface area contributed by atoms with Gasteiger partial charge in [0.15, 0.2) is 10.7 Å². The number of hydrogen-bond acceptors (Lipinski definition) is 6. The van der Waals surface area contributed by atoms with E-state index in [0.717, 1.165) is 10.2 Å². The maximum Gasteiger partial charge on any atom is 0.263 e. The molecular weight excluding hydrogens is 430 g/mol. The topological polar surface area (TPSA) is 85.1 Å². The van der Waals surface area contributed by atoms with Crippen molar-refractivity contribution in [2.24, 2.45) is 0 Å². The van der Waals surface area contributed by atoms with Crippen molar-refractivity contribution in [1.29, 1.82) is 0 Å². The van der Waals surface area contributed by atoms with Crippen LogP contribution < -0.4 is 4.72 Å². The van der Waals surface area contributed by atoms with E-state index < -0.39 is 10.0 Å². The number of anilines is 1. The maximum absolute atomic E-state index is 12.7. The molecule has 0 amide bonds. The molecule has 144 valence electrons. The summed E-state index contributed by atoms with van der Waals surface area (Å²) in [4.78, 5) is 8.84. The number of para-hydroxylation sites is 2. The van der Waals surface area contributed by atoms with Crippen LogP contribution in [0.2, 0.25) is 5.02 Å². The molecule has 0 fully saturated rings. The lowest BCUT2D eigenvalue weighted by atomic mass is 10.2. The molecule has 6 nitrogen and oxygen atoms in total. The first-order valence-corrected chi connectivity index (χ1v) is 11.2. The number of thiazole rings is 1. The molecule has 0 aliphatic heterocycles. The van der Waals surface area contributed by atoms with Gasteiger partial charge in [-0.05, 0) is 54.6 Å². The Labute approximate surface area is 174 Å². The molecule has 0 saturated carbocycles. The van der Waals surface area contributed by atoms with Gasteiger partial charge >= 0.3 is 0 Å². The van der Waals surface area contributed by atoms with Gasteiger partial charge in [0.2, 0.25) is 5.89 Å². The average molecular weight is 442 g/mol. The van der Waals surface area contributed by atoms with Crippen LogP contribution in [0.4, 0.5) is 5.13 Å². The van der Waals surface area contributed by atoms with E-state index in [1.807, 2.05) is 30.3 Å². The Balaban J connectivity index is 1.43. The highest BCUT2D eigenvalue weighted by Crippen LogP contribution is 2.30. The van der Waals surface area contributed by atoms with E-state index in [1.54, 1.807) is 24.3 Å². The zero-order valence-electron chi connectivity index (χ0n) is 14.7. The third-order valence-corrected chi connectivity index (χ3v) is 6.95. The first kappa shape index (κ1) is 18.1. The summed E-state index contributed by atoms with van der Waals surface area (Å²) < 4.78 is 34.5. The van der Waals surface area contributed by atoms with E-state index in [1.165, 1.54) is 23.5 Å². The van der Waals surface area contributed by atoms with E-state index in [2.05, 4.69) is 14.7 Å². The fourth-order valence-corrected chi connectivity index (χ4v) is 5.14. The van der Waals surface area contributed by atoms with Gasteiger partial charge in [0.05, 0.1) is 15.1 Å². The highest BCUT2D eigenvalue weighted by Gasteiger charge is 2.17. The Morgan fingerprint density at radius 2 is 1.72 bits per heavy atom. The summed E-state index contributed by atoms with van der Waals surface area (Å²) in [6, 6.07) is 19.0. The number of fused-ring (bicyclic) bond motifs is 2. The van der Waals surface area contributed by atoms with Gasteiger partial charge in [0, 0.05) is 10.6 Å². The zero-order valence-corrected chi connectivity index (χ0v) is 17.1. The van der Waals surface area contributed by atoms with Crippen LogP contribution in [0.15, 0.2) is 76.0 Å². The lowest BCUT2D eigenvalue weighted by Crippen LogP contribution is -2.12. The minimum atomic E-state index is -3.78. The van der Waals surface area contributed by atoms with Crippen molar-refractivity contribution in [3.05, 3.63) is 71.8 Å². The van der Waals surface area contributed by atoms with E-state index >= 15 is 0 Å². The van der Waals surface area contributed by atoms with Gasteiger partial charge in [0.1, 0.15) is 5.52 Å². The van der Waals surface area contributed by atoms with E-state index in [-0.39, 0.29) is 10.0 Å². The normalized spacial score (nSPS) is 11.9. The Morgan fingerprint density at radius 1 is 0.931 bits per heavy atom. The molecule has 9 heteroatoms. The predicted octanol–water partition coefficient (Wildman–Crippen LogP) is 5.56. The molecule has 29 heavy (non-hydrogen) atoms. The molecule has 0 radical (unpaired) electrons. The lowest BCUT2D eigenvalue weighted by Gasteiger charge is -2.05. The molecule has 1 N–H and O–H groups in total. The van der Waals surface area contributed by atoms with Crippen molar-refractivity contribution in [2.75, 3.05) is 4.72 Å². The van der Waals surface area contributed by atoms with Gasteiger partial charge in [0.25, 0.3) is 10.0 Å². The Kier molecular flexibility index (Phi) is 4.27. The number of sulfonamides is 1. The van der Waals surface area contributed by atoms with Crippen molar-refractivity contribution in [3.63, 3.8) is 0 Å². The number of benzene rings is 3. The number of nitrogens with one attached hydrogen (secondary N) is 1. The van der Waals surface area contributed by atoms with Crippen molar-refractivity contribution in [3.8, 4) is 11.5 Å². The monoisotopic (exact) mass is 441 g/mol. The standard InChI is InChI=1S/C20H12ClN3O3S2/c21-13-7-10-18-16(11-13)23-20(28-18)24-29(25,26)14-8-5-12(6-9-14)19-22-15-3-1-2-4-17(15)27-19/h1-11H,(H,23,24). The molecule has 0 bridgehead atoms. The fraction of sp³-hybridized carbons (Fsp3) is 0. The van der Waals surface area contributed by atoms with E-state index in [9.17, 15) is 8.42 Å². The van der Waals surface area contributed by atoms with Gasteiger partial charge in [-0.3, -0.25) is 4.72 Å². The molecule has 0 unspecified atom stereocenters. The Bertz CT molecular complexity index is 1420. The fourth-order valence-electron chi connectivity index (χ4n) is 2.89. The molecule has 5 rings (SSSR count). The number of hydrogen-bond donors (Lipinski definition) is 1. The van der Waals surface area contributed by atoms with Crippen LogP contribution in [0, 0.1) is 0 Å². The largest absolute Gasteiger partial charge is 0.436 e. The van der Waals surface area contributed by atoms with Gasteiger partial charge in [-0.15, -0.1) is 0 Å². The van der Waals surface area contributed by atoms with Crippen LogP contribution >= 0.6 is 22.9 Å².